The van der Waals surface area contributed by atoms with Crippen molar-refractivity contribution in [2.75, 3.05) is 0 Å². The Balaban J connectivity index is 2.52. The zero-order valence-electron chi connectivity index (χ0n) is 6.97. The molecule has 0 aliphatic heterocycles. The van der Waals surface area contributed by atoms with E-state index < -0.39 is 5.60 Å². The predicted molar refractivity (Wildman–Crippen MR) is 40.6 cm³/mol. The molecule has 1 aliphatic carbocycles. The van der Waals surface area contributed by atoms with Gasteiger partial charge in [-0.3, -0.25) is 0 Å². The lowest BCUT2D eigenvalue weighted by molar-refractivity contribution is -0.465. The van der Waals surface area contributed by atoms with Crippen molar-refractivity contribution in [1.82, 2.24) is 0 Å². The molecule has 1 aliphatic rings. The van der Waals surface area contributed by atoms with E-state index in [4.69, 9.17) is 5.26 Å². The first kappa shape index (κ1) is 8.55. The van der Waals surface area contributed by atoms with Crippen LogP contribution in [0.5, 0.6) is 0 Å². The monoisotopic (exact) mass is 152 g/mol. The van der Waals surface area contributed by atoms with Gasteiger partial charge in [-0.2, -0.15) is 5.26 Å². The van der Waals surface area contributed by atoms with E-state index in [1.807, 2.05) is 6.07 Å². The van der Waals surface area contributed by atoms with Crippen molar-refractivity contribution in [2.24, 2.45) is 5.92 Å². The Morgan fingerprint density at radius 1 is 1.36 bits per heavy atom. The van der Waals surface area contributed by atoms with E-state index in [0.29, 0.717) is 0 Å². The maximum absolute atomic E-state index is 11.5. The van der Waals surface area contributed by atoms with Crippen molar-refractivity contribution in [2.45, 2.75) is 44.6 Å². The first-order chi connectivity index (χ1) is 5.17. The van der Waals surface area contributed by atoms with Crippen LogP contribution >= 0.6 is 0 Å². The molecule has 0 aromatic rings. The van der Waals surface area contributed by atoms with Gasteiger partial charge in [0.15, 0.2) is 0 Å². The van der Waals surface area contributed by atoms with E-state index in [0.717, 1.165) is 25.7 Å². The van der Waals surface area contributed by atoms with Crippen LogP contribution in [0.2, 0.25) is 0 Å². The van der Waals surface area contributed by atoms with Gasteiger partial charge in [-0.05, 0) is 11.5 Å². The van der Waals surface area contributed by atoms with Crippen LogP contribution in [-0.4, -0.2) is 5.60 Å². The van der Waals surface area contributed by atoms with E-state index in [2.05, 4.69) is 0 Å². The van der Waals surface area contributed by atoms with E-state index in [1.54, 1.807) is 0 Å². The Hall–Kier alpha value is -0.550. The van der Waals surface area contributed by atoms with Crippen LogP contribution in [-0.2, 0) is 0 Å². The molecule has 0 amide bonds. The molecule has 1 fully saturated rings. The molecule has 0 radical (unpaired) electrons. The quantitative estimate of drug-likeness (QED) is 0.567. The van der Waals surface area contributed by atoms with E-state index in [9.17, 15) is 5.11 Å². The summed E-state index contributed by atoms with van der Waals surface area (Å²) in [6, 6.07) is 1.86. The molecule has 1 rings (SSSR count). The molecule has 2 heteroatoms. The Kier molecular flexibility index (Phi) is 2.51. The molecule has 62 valence electrons. The Morgan fingerprint density at radius 3 is 2.36 bits per heavy atom. The van der Waals surface area contributed by atoms with Crippen LogP contribution in [0.4, 0.5) is 0 Å². The zero-order valence-corrected chi connectivity index (χ0v) is 6.97. The fraction of sp³-hybridized carbons (Fsp3) is 0.889. The minimum Gasteiger partial charge on any atom is -0.838 e. The molecule has 0 spiro atoms. The molecule has 11 heavy (non-hydrogen) atoms. The molecule has 0 bridgehead atoms. The fourth-order valence-corrected chi connectivity index (χ4v) is 1.74. The van der Waals surface area contributed by atoms with Crippen molar-refractivity contribution in [3.05, 3.63) is 0 Å². The van der Waals surface area contributed by atoms with Gasteiger partial charge < -0.3 is 5.11 Å². The van der Waals surface area contributed by atoms with Crippen LogP contribution in [0.25, 0.3) is 0 Å². The second-order valence-corrected chi connectivity index (χ2v) is 3.55. The standard InChI is InChI=1S/C9H14NO/c1-9(11,7-10)8-5-3-2-4-6-8/h8H,2-6H2,1H3/q-1/t9-/m1/s1. The van der Waals surface area contributed by atoms with Gasteiger partial charge in [-0.25, -0.2) is 0 Å². The van der Waals surface area contributed by atoms with Crippen molar-refractivity contribution in [1.29, 1.82) is 5.26 Å². The first-order valence-electron chi connectivity index (χ1n) is 4.28. The summed E-state index contributed by atoms with van der Waals surface area (Å²) in [7, 11) is 0. The summed E-state index contributed by atoms with van der Waals surface area (Å²) in [5.74, 6) is 0.0984. The normalized spacial score (nSPS) is 25.5. The van der Waals surface area contributed by atoms with Gasteiger partial charge in [-0.15, -0.1) is 0 Å². The van der Waals surface area contributed by atoms with Crippen LogP contribution < -0.4 is 5.11 Å². The largest absolute Gasteiger partial charge is 0.838 e. The molecular formula is C9H14NO-. The minimum absolute atomic E-state index is 0.0984. The number of hydrogen-bond acceptors (Lipinski definition) is 2. The Morgan fingerprint density at radius 2 is 1.91 bits per heavy atom. The van der Waals surface area contributed by atoms with Crippen molar-refractivity contribution in [3.8, 4) is 6.07 Å². The van der Waals surface area contributed by atoms with Crippen molar-refractivity contribution < 1.29 is 5.11 Å². The van der Waals surface area contributed by atoms with Gasteiger partial charge in [0.05, 0.1) is 6.07 Å². The third-order valence-corrected chi connectivity index (χ3v) is 2.61. The predicted octanol–water partition coefficient (Wildman–Crippen LogP) is 1.21. The highest BCUT2D eigenvalue weighted by Gasteiger charge is 2.24. The maximum Gasteiger partial charge on any atom is 0.0509 e. The van der Waals surface area contributed by atoms with E-state index >= 15 is 0 Å². The molecule has 1 saturated carbocycles. The molecule has 0 unspecified atom stereocenters. The second kappa shape index (κ2) is 3.23. The van der Waals surface area contributed by atoms with E-state index in [1.165, 1.54) is 13.3 Å². The average molecular weight is 152 g/mol. The summed E-state index contributed by atoms with van der Waals surface area (Å²) < 4.78 is 0. The van der Waals surface area contributed by atoms with Gasteiger partial charge in [0.2, 0.25) is 0 Å². The third-order valence-electron chi connectivity index (χ3n) is 2.61. The van der Waals surface area contributed by atoms with Crippen molar-refractivity contribution >= 4 is 0 Å². The summed E-state index contributed by atoms with van der Waals surface area (Å²) >= 11 is 0. The van der Waals surface area contributed by atoms with Gasteiger partial charge in [0.1, 0.15) is 0 Å². The summed E-state index contributed by atoms with van der Waals surface area (Å²) in [5, 5.41) is 20.0. The highest BCUT2D eigenvalue weighted by molar-refractivity contribution is 5.00. The molecule has 0 aromatic heterocycles. The SMILES string of the molecule is C[C@@]([O-])(C#N)C1CCCCC1. The minimum atomic E-state index is -1.33. The number of nitrogens with zero attached hydrogens (tertiary/aromatic N) is 1. The highest BCUT2D eigenvalue weighted by atomic mass is 16.3. The van der Waals surface area contributed by atoms with Gasteiger partial charge in [0.25, 0.3) is 0 Å². The van der Waals surface area contributed by atoms with Crippen LogP contribution in [0.3, 0.4) is 0 Å². The molecule has 1 atom stereocenters. The van der Waals surface area contributed by atoms with Crippen LogP contribution in [0.15, 0.2) is 0 Å². The molecular weight excluding hydrogens is 138 g/mol. The molecule has 0 saturated heterocycles. The molecule has 0 aromatic carbocycles. The number of rotatable bonds is 1. The molecule has 0 N–H and O–H groups in total. The fourth-order valence-electron chi connectivity index (χ4n) is 1.74. The lowest BCUT2D eigenvalue weighted by atomic mass is 9.79. The van der Waals surface area contributed by atoms with Gasteiger partial charge in [0, 0.05) is 0 Å². The lowest BCUT2D eigenvalue weighted by Crippen LogP contribution is -2.47. The van der Waals surface area contributed by atoms with Crippen LogP contribution in [0, 0.1) is 17.2 Å². The Bertz CT molecular complexity index is 163. The smallest absolute Gasteiger partial charge is 0.0509 e. The van der Waals surface area contributed by atoms with Crippen molar-refractivity contribution in [3.63, 3.8) is 0 Å². The number of hydrogen-bond donors (Lipinski definition) is 0. The number of nitriles is 1. The summed E-state index contributed by atoms with van der Waals surface area (Å²) in [6.07, 6.45) is 5.40. The summed E-state index contributed by atoms with van der Waals surface area (Å²) in [4.78, 5) is 0. The second-order valence-electron chi connectivity index (χ2n) is 3.55. The lowest BCUT2D eigenvalue weighted by Gasteiger charge is -2.39. The zero-order chi connectivity index (χ0) is 8.32. The third kappa shape index (κ3) is 1.94. The molecule has 0 heterocycles. The van der Waals surface area contributed by atoms with E-state index in [-0.39, 0.29) is 5.92 Å². The Labute approximate surface area is 67.8 Å². The average Bonchev–Trinajstić information content (AvgIpc) is 2.06. The summed E-state index contributed by atoms with van der Waals surface area (Å²) in [5.41, 5.74) is -1.33. The summed E-state index contributed by atoms with van der Waals surface area (Å²) in [6.45, 7) is 1.52. The van der Waals surface area contributed by atoms with Crippen LogP contribution in [0.1, 0.15) is 39.0 Å². The van der Waals surface area contributed by atoms with Gasteiger partial charge in [-0.1, -0.05) is 39.0 Å². The highest BCUT2D eigenvalue weighted by Crippen LogP contribution is 2.30. The van der Waals surface area contributed by atoms with Gasteiger partial charge >= 0.3 is 0 Å². The first-order valence-corrected chi connectivity index (χ1v) is 4.28. The maximum atomic E-state index is 11.5. The topological polar surface area (TPSA) is 46.8 Å². The molecule has 2 nitrogen and oxygen atoms in total.